The van der Waals surface area contributed by atoms with Crippen LogP contribution in [0.5, 0.6) is 17.2 Å². The van der Waals surface area contributed by atoms with Crippen molar-refractivity contribution in [2.75, 3.05) is 0 Å². The zero-order valence-corrected chi connectivity index (χ0v) is 21.0. The van der Waals surface area contributed by atoms with E-state index in [9.17, 15) is 19.5 Å². The summed E-state index contributed by atoms with van der Waals surface area (Å²) in [5.74, 6) is -1.04. The van der Waals surface area contributed by atoms with Crippen molar-refractivity contribution in [1.82, 2.24) is 0 Å². The highest BCUT2D eigenvalue weighted by Gasteiger charge is 2.56. The van der Waals surface area contributed by atoms with Gasteiger partial charge in [0.05, 0.1) is 12.8 Å². The summed E-state index contributed by atoms with van der Waals surface area (Å²) in [6, 6.07) is 21.5. The van der Waals surface area contributed by atoms with E-state index < -0.39 is 48.6 Å². The fourth-order valence-electron chi connectivity index (χ4n) is 5.45. The third-order valence-electron chi connectivity index (χ3n) is 7.12. The number of carbonyl (C=O) groups excluding carboxylic acids is 3. The molecule has 0 aromatic heterocycles. The molecule has 2 fully saturated rings. The highest BCUT2D eigenvalue weighted by atomic mass is 16.7. The predicted octanol–water partition coefficient (Wildman–Crippen LogP) is 4.23. The van der Waals surface area contributed by atoms with Gasteiger partial charge in [0, 0.05) is 19.1 Å². The highest BCUT2D eigenvalue weighted by molar-refractivity contribution is 6.02. The number of fused-ring (bicyclic) bond motifs is 2. The Morgan fingerprint density at radius 3 is 2.41 bits per heavy atom. The second-order valence-corrected chi connectivity index (χ2v) is 9.78. The molecule has 6 atom stereocenters. The number of hydrogen-bond acceptors (Lipinski definition) is 9. The molecule has 3 aromatic rings. The topological polar surface area (TPSA) is 118 Å². The van der Waals surface area contributed by atoms with E-state index in [1.807, 2.05) is 60.7 Å². The Morgan fingerprint density at radius 1 is 0.974 bits per heavy atom. The van der Waals surface area contributed by atoms with Crippen molar-refractivity contribution in [1.29, 1.82) is 0 Å². The second-order valence-electron chi connectivity index (χ2n) is 9.78. The number of aromatic hydroxyl groups is 1. The van der Waals surface area contributed by atoms with E-state index in [1.54, 1.807) is 6.07 Å². The van der Waals surface area contributed by atoms with E-state index in [2.05, 4.69) is 0 Å². The number of phenols is 1. The van der Waals surface area contributed by atoms with Gasteiger partial charge < -0.3 is 28.8 Å². The van der Waals surface area contributed by atoms with Gasteiger partial charge in [-0.15, -0.1) is 0 Å². The van der Waals surface area contributed by atoms with Gasteiger partial charge in [-0.3, -0.25) is 14.4 Å². The second kappa shape index (κ2) is 10.1. The van der Waals surface area contributed by atoms with Crippen LogP contribution in [0, 0.1) is 0 Å². The summed E-state index contributed by atoms with van der Waals surface area (Å²) in [4.78, 5) is 36.8. The molecule has 0 bridgehead atoms. The Balaban J connectivity index is 1.35. The number of hydrogen-bond donors (Lipinski definition) is 1. The van der Waals surface area contributed by atoms with Crippen LogP contribution in [-0.2, 0) is 23.8 Å². The van der Waals surface area contributed by atoms with Crippen LogP contribution < -0.4 is 9.47 Å². The molecular formula is C30H26O9. The van der Waals surface area contributed by atoms with Gasteiger partial charge in [-0.25, -0.2) is 0 Å². The Labute approximate surface area is 224 Å². The van der Waals surface area contributed by atoms with Crippen molar-refractivity contribution in [3.63, 3.8) is 0 Å². The van der Waals surface area contributed by atoms with Gasteiger partial charge in [-0.05, 0) is 11.1 Å². The largest absolute Gasteiger partial charge is 0.507 e. The van der Waals surface area contributed by atoms with Gasteiger partial charge in [0.1, 0.15) is 41.1 Å². The molecule has 200 valence electrons. The van der Waals surface area contributed by atoms with E-state index in [4.69, 9.17) is 23.7 Å². The molecule has 9 nitrogen and oxygen atoms in total. The van der Waals surface area contributed by atoms with Crippen molar-refractivity contribution in [2.24, 2.45) is 0 Å². The monoisotopic (exact) mass is 530 g/mol. The van der Waals surface area contributed by atoms with Crippen LogP contribution in [0.2, 0.25) is 0 Å². The minimum Gasteiger partial charge on any atom is -0.507 e. The van der Waals surface area contributed by atoms with Crippen LogP contribution in [0.15, 0.2) is 72.8 Å². The molecule has 2 saturated heterocycles. The summed E-state index contributed by atoms with van der Waals surface area (Å²) in [5.41, 5.74) is 1.65. The molecule has 3 aromatic carbocycles. The van der Waals surface area contributed by atoms with Gasteiger partial charge in [-0.2, -0.15) is 0 Å². The number of rotatable bonds is 6. The summed E-state index contributed by atoms with van der Waals surface area (Å²) in [5, 5.41) is 10.8. The number of esters is 2. The summed E-state index contributed by atoms with van der Waals surface area (Å²) < 4.78 is 29.8. The summed E-state index contributed by atoms with van der Waals surface area (Å²) >= 11 is 0. The number of carbonyl (C=O) groups is 3. The first kappa shape index (κ1) is 24.9. The lowest BCUT2D eigenvalue weighted by atomic mass is 9.95. The van der Waals surface area contributed by atoms with Gasteiger partial charge in [0.25, 0.3) is 0 Å². The Hall–Kier alpha value is -4.37. The van der Waals surface area contributed by atoms with Crippen LogP contribution in [0.1, 0.15) is 53.5 Å². The number of ether oxygens (including phenoxy) is 5. The highest BCUT2D eigenvalue weighted by Crippen LogP contribution is 2.45. The smallest absolute Gasteiger partial charge is 0.309 e. The van der Waals surface area contributed by atoms with E-state index in [0.29, 0.717) is 5.56 Å². The average Bonchev–Trinajstić information content (AvgIpc) is 3.44. The number of benzene rings is 3. The lowest BCUT2D eigenvalue weighted by molar-refractivity contribution is -0.164. The molecule has 9 heteroatoms. The van der Waals surface area contributed by atoms with Gasteiger partial charge in [0.15, 0.2) is 24.1 Å². The summed E-state index contributed by atoms with van der Waals surface area (Å²) in [6.07, 6.45) is -4.27. The fraction of sp³-hybridized carbons (Fsp3) is 0.300. The van der Waals surface area contributed by atoms with E-state index in [0.717, 1.165) is 5.56 Å². The summed E-state index contributed by atoms with van der Waals surface area (Å²) in [7, 11) is 0. The van der Waals surface area contributed by atoms with Crippen LogP contribution in [0.3, 0.4) is 0 Å². The SMILES string of the molecule is CC(=O)OC1C2OC(=O)CC2OC1C(Oc1cc(O)c2c(c1)OC(c1ccccc1)CC2=O)c1ccccc1. The molecule has 0 amide bonds. The van der Waals surface area contributed by atoms with E-state index >= 15 is 0 Å². The number of ketones is 1. The molecule has 3 aliphatic heterocycles. The maximum atomic E-state index is 12.9. The minimum absolute atomic E-state index is 0.0386. The quantitative estimate of drug-likeness (QED) is 0.467. The first-order valence-corrected chi connectivity index (χ1v) is 12.7. The Bertz CT molecular complexity index is 1400. The molecule has 3 aliphatic rings. The van der Waals surface area contributed by atoms with Crippen LogP contribution in [0.4, 0.5) is 0 Å². The van der Waals surface area contributed by atoms with E-state index in [-0.39, 0.29) is 41.4 Å². The average molecular weight is 531 g/mol. The molecule has 0 spiro atoms. The summed E-state index contributed by atoms with van der Waals surface area (Å²) in [6.45, 7) is 1.28. The van der Waals surface area contributed by atoms with E-state index in [1.165, 1.54) is 13.0 Å². The Morgan fingerprint density at radius 2 is 1.69 bits per heavy atom. The standard InChI is InChI=1S/C30H26O9/c1-16(31)35-30-28-24(15-25(34)39-28)38-29(30)27(18-10-6-3-7-11-18)36-19-12-20(32)26-21(33)14-22(37-23(26)13-19)17-8-4-2-5-9-17/h2-13,22,24,27-30,32H,14-15H2,1H3. The molecule has 0 saturated carbocycles. The molecular weight excluding hydrogens is 504 g/mol. The first-order valence-electron chi connectivity index (χ1n) is 12.7. The predicted molar refractivity (Wildman–Crippen MR) is 135 cm³/mol. The van der Waals surface area contributed by atoms with Gasteiger partial charge >= 0.3 is 11.9 Å². The van der Waals surface area contributed by atoms with Crippen molar-refractivity contribution >= 4 is 17.7 Å². The molecule has 39 heavy (non-hydrogen) atoms. The van der Waals surface area contributed by atoms with Gasteiger partial charge in [-0.1, -0.05) is 60.7 Å². The molecule has 6 unspecified atom stereocenters. The van der Waals surface area contributed by atoms with Crippen molar-refractivity contribution in [3.05, 3.63) is 89.5 Å². The molecule has 0 radical (unpaired) electrons. The maximum Gasteiger partial charge on any atom is 0.309 e. The van der Waals surface area contributed by atoms with Crippen molar-refractivity contribution in [2.45, 2.75) is 56.4 Å². The lowest BCUT2D eigenvalue weighted by Gasteiger charge is -2.30. The molecule has 1 N–H and O–H groups in total. The van der Waals surface area contributed by atoms with Crippen molar-refractivity contribution < 1.29 is 43.2 Å². The van der Waals surface area contributed by atoms with Crippen LogP contribution in [-0.4, -0.2) is 47.2 Å². The number of Topliss-reactive ketones (excluding diaryl/α,β-unsaturated/α-hetero) is 1. The fourth-order valence-corrected chi connectivity index (χ4v) is 5.45. The number of phenolic OH excluding ortho intramolecular Hbond substituents is 1. The zero-order chi connectivity index (χ0) is 27.1. The van der Waals surface area contributed by atoms with Crippen molar-refractivity contribution in [3.8, 4) is 17.2 Å². The first-order chi connectivity index (χ1) is 18.9. The normalized spacial score (nSPS) is 26.1. The molecule has 3 heterocycles. The van der Waals surface area contributed by atoms with Gasteiger partial charge in [0.2, 0.25) is 0 Å². The maximum absolute atomic E-state index is 12.9. The lowest BCUT2D eigenvalue weighted by Crippen LogP contribution is -2.40. The molecule has 0 aliphatic carbocycles. The third-order valence-corrected chi connectivity index (χ3v) is 7.12. The minimum atomic E-state index is -0.907. The van der Waals surface area contributed by atoms with Crippen LogP contribution in [0.25, 0.3) is 0 Å². The third kappa shape index (κ3) is 4.81. The zero-order valence-electron chi connectivity index (χ0n) is 21.0. The Kier molecular flexibility index (Phi) is 6.44. The van der Waals surface area contributed by atoms with Crippen LogP contribution >= 0.6 is 0 Å². The molecule has 6 rings (SSSR count).